The predicted octanol–water partition coefficient (Wildman–Crippen LogP) is 4.47. The molecule has 1 aliphatic rings. The number of amides is 1. The van der Waals surface area contributed by atoms with Crippen molar-refractivity contribution in [2.75, 3.05) is 26.2 Å². The third-order valence-electron chi connectivity index (χ3n) is 4.22. The Morgan fingerprint density at radius 2 is 1.69 bits per heavy atom. The van der Waals surface area contributed by atoms with Crippen molar-refractivity contribution in [2.45, 2.75) is 52.4 Å². The molecule has 0 unspecified atom stereocenters. The van der Waals surface area contributed by atoms with Gasteiger partial charge >= 0.3 is 0 Å². The Labute approximate surface area is 161 Å². The summed E-state index contributed by atoms with van der Waals surface area (Å²) in [6.07, 6.45) is 1.99. The van der Waals surface area contributed by atoms with Crippen molar-refractivity contribution in [3.05, 3.63) is 33.7 Å². The van der Waals surface area contributed by atoms with Gasteiger partial charge in [0, 0.05) is 30.5 Å². The molecular formula is C21H31NO3S. The molecule has 0 atom stereocenters. The number of carbonyl (C=O) groups is 1. The van der Waals surface area contributed by atoms with Crippen molar-refractivity contribution >= 4 is 23.7 Å². The average Bonchev–Trinajstić information content (AvgIpc) is 2.53. The molecule has 0 radical (unpaired) electrons. The van der Waals surface area contributed by atoms with Gasteiger partial charge in [-0.2, -0.15) is 0 Å². The Hall–Kier alpha value is -1.46. The van der Waals surface area contributed by atoms with Gasteiger partial charge < -0.3 is 14.8 Å². The van der Waals surface area contributed by atoms with Crippen molar-refractivity contribution in [3.63, 3.8) is 0 Å². The lowest BCUT2D eigenvalue weighted by Gasteiger charge is -2.30. The number of hydrogen-bond acceptors (Lipinski definition) is 4. The first-order chi connectivity index (χ1) is 12.0. The minimum absolute atomic E-state index is 0.00979. The van der Waals surface area contributed by atoms with Crippen LogP contribution in [0.1, 0.15) is 58.2 Å². The molecule has 1 fully saturated rings. The molecular weight excluding hydrogens is 346 g/mol. The maximum atomic E-state index is 12.1. The molecule has 1 N–H and O–H groups in total. The molecule has 0 aliphatic carbocycles. The zero-order valence-corrected chi connectivity index (χ0v) is 17.8. The number of methoxy groups -OCH3 is 1. The Morgan fingerprint density at radius 1 is 1.12 bits per heavy atom. The topological polar surface area (TPSA) is 47.6 Å². The first-order valence-electron chi connectivity index (χ1n) is 8.97. The van der Waals surface area contributed by atoms with Crippen LogP contribution in [0.4, 0.5) is 0 Å². The summed E-state index contributed by atoms with van der Waals surface area (Å²) in [7, 11) is 1.63. The first kappa shape index (κ1) is 20.8. The summed E-state index contributed by atoms with van der Waals surface area (Å²) in [5.74, 6) is 1.80. The van der Waals surface area contributed by atoms with Crippen LogP contribution in [0.15, 0.2) is 17.0 Å². The molecule has 1 aromatic carbocycles. The molecule has 1 aliphatic heterocycles. The van der Waals surface area contributed by atoms with Crippen LogP contribution in [0.5, 0.6) is 5.75 Å². The first-order valence-corrected chi connectivity index (χ1v) is 9.96. The predicted molar refractivity (Wildman–Crippen MR) is 110 cm³/mol. The molecule has 1 heterocycles. The van der Waals surface area contributed by atoms with Crippen LogP contribution in [0.3, 0.4) is 0 Å². The van der Waals surface area contributed by atoms with Gasteiger partial charge in [-0.05, 0) is 34.6 Å². The van der Waals surface area contributed by atoms with E-state index in [2.05, 4.69) is 59.0 Å². The third-order valence-corrected chi connectivity index (χ3v) is 5.24. The highest BCUT2D eigenvalue weighted by Crippen LogP contribution is 2.41. The van der Waals surface area contributed by atoms with Crippen molar-refractivity contribution < 1.29 is 14.3 Å². The molecule has 0 saturated carbocycles. The van der Waals surface area contributed by atoms with Gasteiger partial charge in [-0.15, -0.1) is 11.8 Å². The van der Waals surface area contributed by atoms with Crippen LogP contribution in [0, 0.1) is 0 Å². The second-order valence-electron chi connectivity index (χ2n) is 8.61. The Kier molecular flexibility index (Phi) is 6.46. The van der Waals surface area contributed by atoms with E-state index in [1.165, 1.54) is 0 Å². The third kappa shape index (κ3) is 5.04. The highest BCUT2D eigenvalue weighted by Gasteiger charge is 2.28. The van der Waals surface area contributed by atoms with Gasteiger partial charge in [0.15, 0.2) is 6.79 Å². The van der Waals surface area contributed by atoms with E-state index < -0.39 is 0 Å². The number of thioether (sulfide) groups is 1. The van der Waals surface area contributed by atoms with E-state index in [9.17, 15) is 4.79 Å². The minimum atomic E-state index is -0.0977. The van der Waals surface area contributed by atoms with Gasteiger partial charge in [-0.1, -0.05) is 41.5 Å². The lowest BCUT2D eigenvalue weighted by atomic mass is 9.78. The zero-order valence-electron chi connectivity index (χ0n) is 17.0. The van der Waals surface area contributed by atoms with Crippen LogP contribution in [0.2, 0.25) is 0 Å². The summed E-state index contributed by atoms with van der Waals surface area (Å²) in [4.78, 5) is 12.9. The second-order valence-corrected chi connectivity index (χ2v) is 9.75. The summed E-state index contributed by atoms with van der Waals surface area (Å²) >= 11 is 1.61. The lowest BCUT2D eigenvalue weighted by Crippen LogP contribution is -2.30. The zero-order chi connectivity index (χ0) is 19.5. The van der Waals surface area contributed by atoms with Gasteiger partial charge in [0.1, 0.15) is 5.75 Å². The summed E-state index contributed by atoms with van der Waals surface area (Å²) in [5, 5.41) is 2.91. The van der Waals surface area contributed by atoms with Crippen LogP contribution in [-0.4, -0.2) is 32.1 Å². The van der Waals surface area contributed by atoms with Crippen LogP contribution in [-0.2, 0) is 20.4 Å². The number of benzene rings is 1. The molecule has 2 rings (SSSR count). The van der Waals surface area contributed by atoms with Crippen molar-refractivity contribution in [1.29, 1.82) is 0 Å². The molecule has 5 heteroatoms. The average molecular weight is 378 g/mol. The maximum Gasteiger partial charge on any atom is 0.257 e. The molecule has 1 amide bonds. The van der Waals surface area contributed by atoms with E-state index in [1.54, 1.807) is 18.9 Å². The summed E-state index contributed by atoms with van der Waals surface area (Å²) in [5.41, 5.74) is 3.08. The molecule has 26 heavy (non-hydrogen) atoms. The fraction of sp³-hybridized carbons (Fsp3) is 0.571. The maximum absolute atomic E-state index is 12.1. The Balaban J connectivity index is 2.64. The Bertz CT molecular complexity index is 661. The number of rotatable bonds is 4. The largest absolute Gasteiger partial charge is 0.467 e. The highest BCUT2D eigenvalue weighted by atomic mass is 32.2. The van der Waals surface area contributed by atoms with Crippen LogP contribution in [0.25, 0.3) is 6.08 Å². The Morgan fingerprint density at radius 3 is 2.15 bits per heavy atom. The molecule has 0 aromatic heterocycles. The molecule has 1 aromatic rings. The van der Waals surface area contributed by atoms with Gasteiger partial charge in [-0.3, -0.25) is 4.79 Å². The lowest BCUT2D eigenvalue weighted by molar-refractivity contribution is -0.116. The normalized spacial score (nSPS) is 17.3. The quantitative estimate of drug-likeness (QED) is 0.621. The van der Waals surface area contributed by atoms with Crippen molar-refractivity contribution in [3.8, 4) is 5.75 Å². The van der Waals surface area contributed by atoms with E-state index in [-0.39, 0.29) is 23.5 Å². The van der Waals surface area contributed by atoms with Crippen LogP contribution < -0.4 is 10.1 Å². The summed E-state index contributed by atoms with van der Waals surface area (Å²) in [6, 6.07) is 4.27. The molecule has 1 saturated heterocycles. The van der Waals surface area contributed by atoms with E-state index in [0.29, 0.717) is 0 Å². The van der Waals surface area contributed by atoms with E-state index >= 15 is 0 Å². The number of nitrogens with one attached hydrogen (secondary N) is 1. The van der Waals surface area contributed by atoms with E-state index in [0.717, 1.165) is 39.6 Å². The number of hydrogen-bond donors (Lipinski definition) is 1. The molecule has 0 spiro atoms. The molecule has 144 valence electrons. The monoisotopic (exact) mass is 377 g/mol. The van der Waals surface area contributed by atoms with Crippen LogP contribution >= 0.6 is 11.8 Å². The second kappa shape index (κ2) is 8.05. The number of carbonyl (C=O) groups excluding carboxylic acids is 1. The standard InChI is InChI=1S/C21H31NO3S/c1-20(2,3)15-10-14(12-17-19(23)22-8-9-26-17)11-16(21(4,5)6)18(15)25-13-24-7/h10-12H,8-9,13H2,1-7H3,(H,22,23)/b17-12+. The van der Waals surface area contributed by atoms with Gasteiger partial charge in [-0.25, -0.2) is 0 Å². The molecule has 0 bridgehead atoms. The summed E-state index contributed by atoms with van der Waals surface area (Å²) in [6.45, 7) is 14.0. The van der Waals surface area contributed by atoms with Crippen molar-refractivity contribution in [1.82, 2.24) is 5.32 Å². The van der Waals surface area contributed by atoms with E-state index in [4.69, 9.17) is 9.47 Å². The molecule has 4 nitrogen and oxygen atoms in total. The minimum Gasteiger partial charge on any atom is -0.467 e. The van der Waals surface area contributed by atoms with Gasteiger partial charge in [0.05, 0.1) is 4.91 Å². The smallest absolute Gasteiger partial charge is 0.257 e. The van der Waals surface area contributed by atoms with Gasteiger partial charge in [0.2, 0.25) is 0 Å². The highest BCUT2D eigenvalue weighted by molar-refractivity contribution is 8.04. The fourth-order valence-electron chi connectivity index (χ4n) is 2.86. The van der Waals surface area contributed by atoms with Gasteiger partial charge in [0.25, 0.3) is 5.91 Å². The SMILES string of the molecule is COCOc1c(C(C)(C)C)cc(/C=C2/SCCNC2=O)cc1C(C)(C)C. The summed E-state index contributed by atoms with van der Waals surface area (Å²) < 4.78 is 11.2. The van der Waals surface area contributed by atoms with E-state index in [1.807, 2.05) is 6.08 Å². The number of ether oxygens (including phenoxy) is 2. The fourth-order valence-corrected chi connectivity index (χ4v) is 3.71. The van der Waals surface area contributed by atoms with Crippen molar-refractivity contribution in [2.24, 2.45) is 0 Å².